The van der Waals surface area contributed by atoms with Crippen molar-refractivity contribution in [1.29, 1.82) is 0 Å². The number of fused-ring (bicyclic) bond motifs is 1. The van der Waals surface area contributed by atoms with E-state index in [4.69, 9.17) is 13.9 Å². The number of rotatable bonds is 14. The number of β-lactam (4-membered cyclic amide) rings is 1. The van der Waals surface area contributed by atoms with Gasteiger partial charge in [0.2, 0.25) is 5.91 Å². The van der Waals surface area contributed by atoms with Crippen molar-refractivity contribution in [3.63, 3.8) is 0 Å². The highest BCUT2D eigenvalue weighted by Gasteiger charge is 2.61. The fourth-order valence-corrected chi connectivity index (χ4v) is 10.5. The fraction of sp³-hybridized carbons (Fsp3) is 0.472. The van der Waals surface area contributed by atoms with Crippen LogP contribution in [0.2, 0.25) is 18.1 Å². The van der Waals surface area contributed by atoms with Gasteiger partial charge in [-0.3, -0.25) is 29.9 Å². The van der Waals surface area contributed by atoms with E-state index in [0.29, 0.717) is 25.1 Å². The third-order valence-corrected chi connectivity index (χ3v) is 15.6. The molecule has 17 nitrogen and oxygen atoms in total. The number of benzene rings is 2. The number of amides is 2. The van der Waals surface area contributed by atoms with E-state index in [1.807, 2.05) is 18.7 Å². The molecule has 1 unspecified atom stereocenters. The molecule has 3 aliphatic rings. The minimum Gasteiger partial charge on any atom is -0.413 e. The molecule has 3 heterocycles. The largest absolute Gasteiger partial charge is 0.415 e. The smallest absolute Gasteiger partial charge is 0.413 e. The molecule has 54 heavy (non-hydrogen) atoms. The first-order valence-corrected chi connectivity index (χ1v) is 20.4. The number of nitro groups is 2. The number of nitrogens with zero attached hydrogens (tertiary/aromatic N) is 4. The van der Waals surface area contributed by atoms with Gasteiger partial charge in [-0.05, 0) is 61.3 Å². The molecule has 0 saturated carbocycles. The lowest BCUT2D eigenvalue weighted by Gasteiger charge is -2.49. The lowest BCUT2D eigenvalue weighted by Crippen LogP contribution is -2.65. The zero-order valence-corrected chi connectivity index (χ0v) is 31.6. The maximum absolute atomic E-state index is 13.9. The van der Waals surface area contributed by atoms with E-state index in [2.05, 4.69) is 26.1 Å². The van der Waals surface area contributed by atoms with Crippen LogP contribution >= 0.6 is 0 Å². The Bertz CT molecular complexity index is 1860. The van der Waals surface area contributed by atoms with Crippen LogP contribution in [0.1, 0.15) is 61.8 Å². The van der Waals surface area contributed by atoms with Crippen LogP contribution in [0.25, 0.3) is 0 Å². The lowest BCUT2D eigenvalue weighted by atomic mass is 9.77. The highest BCUT2D eigenvalue weighted by Crippen LogP contribution is 2.49. The van der Waals surface area contributed by atoms with E-state index in [0.717, 1.165) is 42.4 Å². The Morgan fingerprint density at radius 2 is 1.39 bits per heavy atom. The van der Waals surface area contributed by atoms with Crippen molar-refractivity contribution < 1.29 is 47.7 Å². The number of non-ortho nitro benzene ring substituents is 2. The van der Waals surface area contributed by atoms with E-state index in [9.17, 15) is 44.2 Å². The van der Waals surface area contributed by atoms with Crippen molar-refractivity contribution in [3.05, 3.63) is 91.2 Å². The van der Waals surface area contributed by atoms with Crippen LogP contribution in [0, 0.1) is 32.1 Å². The molecular weight excluding hydrogens is 723 g/mol. The molecule has 288 valence electrons. The standard InChI is InChI=1S/C36H43N5O12Si/c1-6-54(7-2,8-3)53-22(5)29-30-21(4)28(31(39(30)32(29)42)35(45)51-33(43)23-9-13-26(14-10-23)40(47)48)20-38-18-17-25(19-38)37-36(46)52-34(44)24-11-15-27(16-12-24)41(49)50/h9-16,21-22,25,29-30H,6-8,17-20H2,1-5H3,(H,37,46)/t21-,22?,25-,29+,30+/m0/s1. The molecule has 0 aliphatic carbocycles. The number of hydrogen-bond donors (Lipinski definition) is 1. The Morgan fingerprint density at radius 3 is 1.89 bits per heavy atom. The van der Waals surface area contributed by atoms with Crippen LogP contribution in [-0.2, 0) is 23.5 Å². The Morgan fingerprint density at radius 1 is 0.870 bits per heavy atom. The summed E-state index contributed by atoms with van der Waals surface area (Å²) in [6.07, 6.45) is -0.936. The molecular formula is C36H43N5O12Si. The third kappa shape index (κ3) is 8.09. The molecule has 2 saturated heterocycles. The Hall–Kier alpha value is -5.33. The van der Waals surface area contributed by atoms with Gasteiger partial charge in [-0.1, -0.05) is 27.7 Å². The summed E-state index contributed by atoms with van der Waals surface area (Å²) in [5.74, 6) is -4.20. The normalized spacial score (nSPS) is 21.6. The van der Waals surface area contributed by atoms with Crippen molar-refractivity contribution in [1.82, 2.24) is 15.1 Å². The Kier molecular flexibility index (Phi) is 12.1. The summed E-state index contributed by atoms with van der Waals surface area (Å²) in [6, 6.07) is 11.0. The molecule has 0 aromatic heterocycles. The topological polar surface area (TPSA) is 218 Å². The van der Waals surface area contributed by atoms with Crippen molar-refractivity contribution >= 4 is 49.6 Å². The molecule has 5 atom stereocenters. The van der Waals surface area contributed by atoms with Gasteiger partial charge in [0.25, 0.3) is 11.4 Å². The van der Waals surface area contributed by atoms with Crippen LogP contribution in [-0.4, -0.2) is 95.7 Å². The molecule has 18 heteroatoms. The number of carbonyl (C=O) groups excluding carboxylic acids is 5. The van der Waals surface area contributed by atoms with Gasteiger partial charge in [0.1, 0.15) is 5.70 Å². The van der Waals surface area contributed by atoms with Gasteiger partial charge in [-0.15, -0.1) is 0 Å². The van der Waals surface area contributed by atoms with E-state index in [-0.39, 0.29) is 46.6 Å². The number of nitro benzene ring substituents is 2. The number of ether oxygens (including phenoxy) is 2. The first kappa shape index (κ1) is 39.9. The van der Waals surface area contributed by atoms with Gasteiger partial charge in [-0.2, -0.15) is 0 Å². The molecule has 2 fully saturated rings. The quantitative estimate of drug-likeness (QED) is 0.0672. The zero-order valence-electron chi connectivity index (χ0n) is 30.6. The molecule has 5 rings (SSSR count). The zero-order chi connectivity index (χ0) is 39.5. The second kappa shape index (κ2) is 16.4. The number of hydrogen-bond acceptors (Lipinski definition) is 13. The van der Waals surface area contributed by atoms with Gasteiger partial charge in [0.05, 0.1) is 39.0 Å². The van der Waals surface area contributed by atoms with Crippen LogP contribution in [0.5, 0.6) is 0 Å². The average molecular weight is 766 g/mol. The van der Waals surface area contributed by atoms with Crippen LogP contribution in [0.3, 0.4) is 0 Å². The van der Waals surface area contributed by atoms with Crippen LogP contribution in [0.4, 0.5) is 16.2 Å². The maximum atomic E-state index is 13.9. The summed E-state index contributed by atoms with van der Waals surface area (Å²) in [4.78, 5) is 89.9. The predicted octanol–water partition coefficient (Wildman–Crippen LogP) is 4.97. The SMILES string of the molecule is CC[Si](CC)(CC)OC(C)[C@H]1C(=O)N2C(C(=O)OC(=O)c3ccc([N+](=O)[O-])cc3)=C(CN3CC[C@H](NC(=O)OC(=O)c4ccc([N+](=O)[O-])cc4)C3)[C@H](C)[C@H]12. The third-order valence-electron chi connectivity index (χ3n) is 10.9. The second-order valence-electron chi connectivity index (χ2n) is 13.8. The molecule has 1 N–H and O–H groups in total. The van der Waals surface area contributed by atoms with Crippen molar-refractivity contribution in [2.45, 2.75) is 77.4 Å². The van der Waals surface area contributed by atoms with Crippen LogP contribution < -0.4 is 5.32 Å². The first-order chi connectivity index (χ1) is 25.6. The fourth-order valence-electron chi connectivity index (χ4n) is 7.60. The number of alkyl carbamates (subject to hydrolysis) is 1. The highest BCUT2D eigenvalue weighted by molar-refractivity contribution is 6.73. The van der Waals surface area contributed by atoms with Gasteiger partial charge in [0.15, 0.2) is 8.32 Å². The molecule has 0 bridgehead atoms. The number of esters is 3. The molecule has 0 spiro atoms. The van der Waals surface area contributed by atoms with Gasteiger partial charge in [0, 0.05) is 55.9 Å². The van der Waals surface area contributed by atoms with Crippen molar-refractivity contribution in [2.24, 2.45) is 11.8 Å². The summed E-state index contributed by atoms with van der Waals surface area (Å²) in [6.45, 7) is 11.1. The van der Waals surface area contributed by atoms with E-state index in [1.165, 1.54) is 29.2 Å². The molecule has 3 aliphatic heterocycles. The highest BCUT2D eigenvalue weighted by atomic mass is 28.4. The van der Waals surface area contributed by atoms with Crippen LogP contribution in [0.15, 0.2) is 59.8 Å². The first-order valence-electron chi connectivity index (χ1n) is 17.9. The molecule has 0 radical (unpaired) electrons. The number of nitrogens with one attached hydrogen (secondary N) is 1. The number of likely N-dealkylation sites (tertiary alicyclic amines) is 1. The van der Waals surface area contributed by atoms with Gasteiger partial charge >= 0.3 is 24.0 Å². The summed E-state index contributed by atoms with van der Waals surface area (Å²) in [7, 11) is -2.10. The number of carbonyl (C=O) groups is 5. The summed E-state index contributed by atoms with van der Waals surface area (Å²) in [5, 5.41) is 24.6. The second-order valence-corrected chi connectivity index (χ2v) is 18.5. The van der Waals surface area contributed by atoms with E-state index < -0.39 is 66.3 Å². The van der Waals surface area contributed by atoms with Gasteiger partial charge in [-0.25, -0.2) is 19.2 Å². The van der Waals surface area contributed by atoms with E-state index >= 15 is 0 Å². The van der Waals surface area contributed by atoms with Crippen molar-refractivity contribution in [3.8, 4) is 0 Å². The molecule has 2 amide bonds. The minimum atomic E-state index is -2.10. The summed E-state index contributed by atoms with van der Waals surface area (Å²) < 4.78 is 16.9. The Labute approximate surface area is 312 Å². The Balaban J connectivity index is 1.31. The maximum Gasteiger partial charge on any atom is 0.415 e. The molecule has 2 aromatic carbocycles. The average Bonchev–Trinajstić information content (AvgIpc) is 3.69. The predicted molar refractivity (Wildman–Crippen MR) is 193 cm³/mol. The molecule has 2 aromatic rings. The van der Waals surface area contributed by atoms with E-state index in [1.54, 1.807) is 0 Å². The minimum absolute atomic E-state index is 0.0364. The lowest BCUT2D eigenvalue weighted by molar-refractivity contribution is -0.385. The summed E-state index contributed by atoms with van der Waals surface area (Å²) >= 11 is 0. The monoisotopic (exact) mass is 765 g/mol. The summed E-state index contributed by atoms with van der Waals surface area (Å²) in [5.41, 5.74) is -0.0469. The van der Waals surface area contributed by atoms with Crippen molar-refractivity contribution in [2.75, 3.05) is 19.6 Å². The van der Waals surface area contributed by atoms with Gasteiger partial charge < -0.3 is 24.1 Å².